The number of ether oxygens (including phenoxy) is 4. The number of rotatable bonds is 50. The summed E-state index contributed by atoms with van der Waals surface area (Å²) in [5, 5.41) is 3.62. The highest BCUT2D eigenvalue weighted by molar-refractivity contribution is 5.42. The summed E-state index contributed by atoms with van der Waals surface area (Å²) in [6.45, 7) is 7.54. The lowest BCUT2D eigenvalue weighted by Crippen LogP contribution is -2.14. The first kappa shape index (κ1) is 58.7. The maximum atomic E-state index is 6.48. The van der Waals surface area contributed by atoms with Gasteiger partial charge in [0.15, 0.2) is 0 Å². The first-order valence-electron chi connectivity index (χ1n) is 28.5. The first-order chi connectivity index (χ1) is 32.2. The lowest BCUT2D eigenvalue weighted by Gasteiger charge is -2.16. The van der Waals surface area contributed by atoms with Crippen molar-refractivity contribution in [1.29, 1.82) is 0 Å². The number of unbranched alkanes of at least 4 members (excludes halogenated alkanes) is 38. The van der Waals surface area contributed by atoms with Crippen LogP contribution >= 0.6 is 0 Å². The van der Waals surface area contributed by atoms with E-state index in [1.807, 2.05) is 12.1 Å². The maximum absolute atomic E-state index is 6.48. The third-order valence-electron chi connectivity index (χ3n) is 13.7. The average molecular weight is 907 g/mol. The van der Waals surface area contributed by atoms with Gasteiger partial charge in [0.05, 0.1) is 27.4 Å². The molecule has 0 atom stereocenters. The molecule has 0 heterocycles. The molecule has 2 rings (SSSR count). The summed E-state index contributed by atoms with van der Waals surface area (Å²) < 4.78 is 23.8. The van der Waals surface area contributed by atoms with Crippen LogP contribution in [0.2, 0.25) is 0 Å². The van der Waals surface area contributed by atoms with Gasteiger partial charge >= 0.3 is 0 Å². The highest BCUT2D eigenvalue weighted by Crippen LogP contribution is 2.28. The predicted molar refractivity (Wildman–Crippen MR) is 284 cm³/mol. The molecule has 0 aliphatic heterocycles. The molecule has 0 aliphatic carbocycles. The minimum Gasteiger partial charge on any atom is -0.497 e. The van der Waals surface area contributed by atoms with Crippen molar-refractivity contribution in [2.45, 2.75) is 284 Å². The van der Waals surface area contributed by atoms with Gasteiger partial charge in [-0.15, -0.1) is 0 Å². The highest BCUT2D eigenvalue weighted by Gasteiger charge is 2.10. The molecule has 65 heavy (non-hydrogen) atoms. The Hall–Kier alpha value is -2.40. The third kappa shape index (κ3) is 34.5. The Kier molecular flexibility index (Phi) is 41.0. The van der Waals surface area contributed by atoms with Crippen LogP contribution in [0, 0.1) is 0 Å². The number of hydrogen-bond donors (Lipinski definition) is 1. The molecule has 0 saturated carbocycles. The summed E-state index contributed by atoms with van der Waals surface area (Å²) in [5.41, 5.74) is 2.27. The summed E-state index contributed by atoms with van der Waals surface area (Å²) in [4.78, 5) is 0. The fourth-order valence-electron chi connectivity index (χ4n) is 9.32. The van der Waals surface area contributed by atoms with Crippen molar-refractivity contribution in [1.82, 2.24) is 5.32 Å². The largest absolute Gasteiger partial charge is 0.497 e. The molecule has 5 heteroatoms. The van der Waals surface area contributed by atoms with Crippen LogP contribution in [0.5, 0.6) is 23.0 Å². The van der Waals surface area contributed by atoms with E-state index in [9.17, 15) is 0 Å². The molecule has 376 valence electrons. The summed E-state index contributed by atoms with van der Waals surface area (Å²) in [6.07, 6.45) is 55.9. The van der Waals surface area contributed by atoms with Gasteiger partial charge in [-0.2, -0.15) is 0 Å². The average Bonchev–Trinajstić information content (AvgIpc) is 3.33. The van der Waals surface area contributed by atoms with Gasteiger partial charge in [0.2, 0.25) is 0 Å². The summed E-state index contributed by atoms with van der Waals surface area (Å²) >= 11 is 0. The molecule has 0 radical (unpaired) electrons. The minimum absolute atomic E-state index is 0.698. The van der Waals surface area contributed by atoms with Gasteiger partial charge in [-0.25, -0.2) is 0 Å². The second kappa shape index (κ2) is 45.4. The van der Waals surface area contributed by atoms with Crippen LogP contribution in [-0.4, -0.2) is 27.4 Å². The van der Waals surface area contributed by atoms with E-state index in [0.717, 1.165) is 60.2 Å². The zero-order chi connectivity index (χ0) is 46.4. The molecule has 1 N–H and O–H groups in total. The van der Waals surface area contributed by atoms with E-state index in [1.54, 1.807) is 14.2 Å². The Labute approximate surface area is 404 Å². The van der Waals surface area contributed by atoms with Gasteiger partial charge in [0, 0.05) is 36.3 Å². The van der Waals surface area contributed by atoms with Crippen molar-refractivity contribution in [2.75, 3.05) is 27.4 Å². The quantitative estimate of drug-likeness (QED) is 0.0670. The monoisotopic (exact) mass is 906 g/mol. The van der Waals surface area contributed by atoms with Gasteiger partial charge in [-0.05, 0) is 25.0 Å². The molecule has 5 nitrogen and oxygen atoms in total. The van der Waals surface area contributed by atoms with Crippen LogP contribution in [-0.2, 0) is 13.1 Å². The molecule has 0 amide bonds. The van der Waals surface area contributed by atoms with E-state index in [-0.39, 0.29) is 0 Å². The van der Waals surface area contributed by atoms with Crippen LogP contribution < -0.4 is 24.3 Å². The van der Waals surface area contributed by atoms with Crippen LogP contribution in [0.1, 0.15) is 282 Å². The number of nitrogens with one attached hydrogen (secondary N) is 1. The number of hydrogen-bond acceptors (Lipinski definition) is 5. The van der Waals surface area contributed by atoms with Crippen LogP contribution in [0.25, 0.3) is 0 Å². The highest BCUT2D eigenvalue weighted by atomic mass is 16.5. The Bertz CT molecular complexity index is 1300. The normalized spacial score (nSPS) is 11.4. The standard InChI is InChI=1S/C60H107NO4/c1-5-7-9-11-13-15-17-19-21-23-25-27-29-31-33-35-37-39-41-43-49-64-58-48-46-56(54-61-53-55-45-47-57(62-3)51-59(55)63-4)60(52-58)65-50-44-42-40-38-36-34-32-30-28-26-24-22-20-18-16-14-12-10-8-6-2/h45-48,51-52,61H,5-44,49-50,53-54H2,1-4H3. The van der Waals surface area contributed by atoms with Crippen molar-refractivity contribution in [3.8, 4) is 23.0 Å². The predicted octanol–water partition coefficient (Wildman–Crippen LogP) is 19.4. The molecule has 0 spiro atoms. The van der Waals surface area contributed by atoms with Gasteiger partial charge in [0.1, 0.15) is 23.0 Å². The number of methoxy groups -OCH3 is 2. The Morgan fingerprint density at radius 3 is 0.938 bits per heavy atom. The molecule has 2 aromatic carbocycles. The molecule has 0 bridgehead atoms. The zero-order valence-electron chi connectivity index (χ0n) is 43.7. The first-order valence-corrected chi connectivity index (χ1v) is 28.5. The third-order valence-corrected chi connectivity index (χ3v) is 13.7. The fourth-order valence-corrected chi connectivity index (χ4v) is 9.32. The lowest BCUT2D eigenvalue weighted by atomic mass is 10.0. The van der Waals surface area contributed by atoms with Crippen molar-refractivity contribution < 1.29 is 18.9 Å². The fraction of sp³-hybridized carbons (Fsp3) is 0.800. The second-order valence-electron chi connectivity index (χ2n) is 19.7. The Morgan fingerprint density at radius 2 is 0.600 bits per heavy atom. The van der Waals surface area contributed by atoms with E-state index in [2.05, 4.69) is 43.4 Å². The van der Waals surface area contributed by atoms with Crippen LogP contribution in [0.4, 0.5) is 0 Å². The Morgan fingerprint density at radius 1 is 0.308 bits per heavy atom. The SMILES string of the molecule is CCCCCCCCCCCCCCCCCCCCCCOc1ccc(CNCc2ccc(OC)cc2OC)c(OCCCCCCCCCCCCCCCCCCCCCC)c1. The lowest BCUT2D eigenvalue weighted by molar-refractivity contribution is 0.287. The van der Waals surface area contributed by atoms with E-state index in [1.165, 1.54) is 244 Å². The molecule has 0 unspecified atom stereocenters. The van der Waals surface area contributed by atoms with Gasteiger partial charge in [-0.3, -0.25) is 0 Å². The minimum atomic E-state index is 0.698. The molecule has 0 aliphatic rings. The summed E-state index contributed by atoms with van der Waals surface area (Å²) in [5.74, 6) is 3.50. The summed E-state index contributed by atoms with van der Waals surface area (Å²) in [6, 6.07) is 12.4. The molecule has 0 saturated heterocycles. The van der Waals surface area contributed by atoms with E-state index < -0.39 is 0 Å². The topological polar surface area (TPSA) is 49.0 Å². The zero-order valence-corrected chi connectivity index (χ0v) is 43.7. The van der Waals surface area contributed by atoms with Crippen molar-refractivity contribution in [3.05, 3.63) is 47.5 Å². The van der Waals surface area contributed by atoms with Crippen molar-refractivity contribution in [3.63, 3.8) is 0 Å². The van der Waals surface area contributed by atoms with Gasteiger partial charge in [-0.1, -0.05) is 270 Å². The molecular weight excluding hydrogens is 799 g/mol. The Balaban J connectivity index is 1.57. The van der Waals surface area contributed by atoms with Crippen LogP contribution in [0.15, 0.2) is 36.4 Å². The van der Waals surface area contributed by atoms with Crippen LogP contribution in [0.3, 0.4) is 0 Å². The van der Waals surface area contributed by atoms with E-state index in [0.29, 0.717) is 13.1 Å². The van der Waals surface area contributed by atoms with Crippen molar-refractivity contribution >= 4 is 0 Å². The molecular formula is C60H107NO4. The maximum Gasteiger partial charge on any atom is 0.127 e. The molecule has 0 aromatic heterocycles. The number of benzene rings is 2. The second-order valence-corrected chi connectivity index (χ2v) is 19.7. The molecule has 2 aromatic rings. The molecule has 0 fully saturated rings. The van der Waals surface area contributed by atoms with Crippen molar-refractivity contribution in [2.24, 2.45) is 0 Å². The van der Waals surface area contributed by atoms with Gasteiger partial charge < -0.3 is 24.3 Å². The van der Waals surface area contributed by atoms with E-state index >= 15 is 0 Å². The van der Waals surface area contributed by atoms with Gasteiger partial charge in [0.25, 0.3) is 0 Å². The van der Waals surface area contributed by atoms with E-state index in [4.69, 9.17) is 18.9 Å². The smallest absolute Gasteiger partial charge is 0.127 e. The summed E-state index contributed by atoms with van der Waals surface area (Å²) in [7, 11) is 3.40.